The van der Waals surface area contributed by atoms with Gasteiger partial charge in [0.25, 0.3) is 0 Å². The molecule has 2 aromatic rings. The molecule has 0 amide bonds. The summed E-state index contributed by atoms with van der Waals surface area (Å²) in [5.74, 6) is 0.489. The fourth-order valence-corrected chi connectivity index (χ4v) is 1.79. The molecule has 0 saturated carbocycles. The van der Waals surface area contributed by atoms with Gasteiger partial charge in [0.1, 0.15) is 11.6 Å². The lowest BCUT2D eigenvalue weighted by Crippen LogP contribution is -2.19. The Morgan fingerprint density at radius 2 is 2.17 bits per heavy atom. The third-order valence-corrected chi connectivity index (χ3v) is 2.99. The lowest BCUT2D eigenvalue weighted by atomic mass is 10.1. The molecule has 1 N–H and O–H groups in total. The minimum atomic E-state index is -0.321. The smallest absolute Gasteiger partial charge is 0.141 e. The molecule has 2 aromatic heterocycles. The SMILES string of the molecule is Cc1noc(C)c1CNC(C)c1cncc(F)c1. The van der Waals surface area contributed by atoms with Crippen LogP contribution in [0, 0.1) is 19.7 Å². The van der Waals surface area contributed by atoms with Crippen molar-refractivity contribution in [1.29, 1.82) is 0 Å². The van der Waals surface area contributed by atoms with Crippen LogP contribution in [0.25, 0.3) is 0 Å². The van der Waals surface area contributed by atoms with Gasteiger partial charge in [0.2, 0.25) is 0 Å². The number of aryl methyl sites for hydroxylation is 2. The van der Waals surface area contributed by atoms with E-state index in [-0.39, 0.29) is 11.9 Å². The van der Waals surface area contributed by atoms with Crippen molar-refractivity contribution in [1.82, 2.24) is 15.5 Å². The number of hydrogen-bond acceptors (Lipinski definition) is 4. The zero-order chi connectivity index (χ0) is 13.1. The molecule has 0 saturated heterocycles. The van der Waals surface area contributed by atoms with Gasteiger partial charge in [-0.1, -0.05) is 5.16 Å². The van der Waals surface area contributed by atoms with Gasteiger partial charge < -0.3 is 9.84 Å². The lowest BCUT2D eigenvalue weighted by molar-refractivity contribution is 0.391. The number of nitrogens with zero attached hydrogens (tertiary/aromatic N) is 2. The summed E-state index contributed by atoms with van der Waals surface area (Å²) in [4.78, 5) is 3.84. The first-order chi connectivity index (χ1) is 8.58. The molecule has 5 heteroatoms. The molecule has 0 aliphatic heterocycles. The van der Waals surface area contributed by atoms with E-state index in [2.05, 4.69) is 15.5 Å². The van der Waals surface area contributed by atoms with Crippen molar-refractivity contribution in [3.05, 3.63) is 46.9 Å². The molecule has 0 spiro atoms. The molecule has 96 valence electrons. The highest BCUT2D eigenvalue weighted by molar-refractivity contribution is 5.21. The van der Waals surface area contributed by atoms with Crippen LogP contribution in [-0.4, -0.2) is 10.1 Å². The Bertz CT molecular complexity index is 519. The molecule has 0 aliphatic carbocycles. The van der Waals surface area contributed by atoms with Crippen LogP contribution in [0.3, 0.4) is 0 Å². The maximum atomic E-state index is 13.1. The van der Waals surface area contributed by atoms with Crippen LogP contribution in [0.5, 0.6) is 0 Å². The van der Waals surface area contributed by atoms with Crippen LogP contribution in [0.1, 0.15) is 35.5 Å². The van der Waals surface area contributed by atoms with E-state index >= 15 is 0 Å². The third kappa shape index (κ3) is 2.73. The number of hydrogen-bond donors (Lipinski definition) is 1. The maximum absolute atomic E-state index is 13.1. The maximum Gasteiger partial charge on any atom is 0.141 e. The predicted octanol–water partition coefficient (Wildman–Crippen LogP) is 2.68. The van der Waals surface area contributed by atoms with Gasteiger partial charge in [-0.3, -0.25) is 4.98 Å². The molecule has 0 bridgehead atoms. The summed E-state index contributed by atoms with van der Waals surface area (Å²) in [5.41, 5.74) is 2.75. The second-order valence-corrected chi connectivity index (χ2v) is 4.34. The summed E-state index contributed by atoms with van der Waals surface area (Å²) in [6, 6.07) is 1.50. The molecule has 0 aliphatic rings. The zero-order valence-corrected chi connectivity index (χ0v) is 10.7. The Labute approximate surface area is 105 Å². The lowest BCUT2D eigenvalue weighted by Gasteiger charge is -2.13. The minimum absolute atomic E-state index is 0.0156. The quantitative estimate of drug-likeness (QED) is 0.905. The zero-order valence-electron chi connectivity index (χ0n) is 10.7. The molecular formula is C13H16FN3O. The van der Waals surface area contributed by atoms with Crippen LogP contribution < -0.4 is 5.32 Å². The van der Waals surface area contributed by atoms with Crippen LogP contribution >= 0.6 is 0 Å². The van der Waals surface area contributed by atoms with E-state index in [4.69, 9.17) is 4.52 Å². The van der Waals surface area contributed by atoms with E-state index in [9.17, 15) is 4.39 Å². The number of pyridine rings is 1. The van der Waals surface area contributed by atoms with Crippen LogP contribution in [-0.2, 0) is 6.54 Å². The predicted molar refractivity (Wildman–Crippen MR) is 65.4 cm³/mol. The Balaban J connectivity index is 2.02. The number of rotatable bonds is 4. The number of nitrogens with one attached hydrogen (secondary N) is 1. The Morgan fingerprint density at radius 1 is 1.39 bits per heavy atom. The first kappa shape index (κ1) is 12.7. The van der Waals surface area contributed by atoms with Crippen molar-refractivity contribution in [3.63, 3.8) is 0 Å². The largest absolute Gasteiger partial charge is 0.361 e. The average molecular weight is 249 g/mol. The third-order valence-electron chi connectivity index (χ3n) is 2.99. The molecule has 0 radical (unpaired) electrons. The van der Waals surface area contributed by atoms with Gasteiger partial charge in [-0.05, 0) is 32.4 Å². The van der Waals surface area contributed by atoms with Crippen molar-refractivity contribution in [2.24, 2.45) is 0 Å². The molecule has 0 aromatic carbocycles. The van der Waals surface area contributed by atoms with Gasteiger partial charge in [-0.2, -0.15) is 0 Å². The fraction of sp³-hybridized carbons (Fsp3) is 0.385. The minimum Gasteiger partial charge on any atom is -0.361 e. The van der Waals surface area contributed by atoms with E-state index in [1.165, 1.54) is 12.3 Å². The van der Waals surface area contributed by atoms with E-state index in [1.807, 2.05) is 20.8 Å². The van der Waals surface area contributed by atoms with Crippen molar-refractivity contribution in [2.75, 3.05) is 0 Å². The van der Waals surface area contributed by atoms with Gasteiger partial charge in [0.05, 0.1) is 11.9 Å². The summed E-state index contributed by atoms with van der Waals surface area (Å²) in [6.45, 7) is 6.39. The standard InChI is InChI=1S/C13H16FN3O/c1-8(11-4-12(14)6-15-5-11)16-7-13-9(2)17-18-10(13)3/h4-6,8,16H,7H2,1-3H3. The first-order valence-corrected chi connectivity index (χ1v) is 5.83. The molecule has 4 nitrogen and oxygen atoms in total. The molecule has 0 fully saturated rings. The molecule has 2 heterocycles. The topological polar surface area (TPSA) is 51.0 Å². The van der Waals surface area contributed by atoms with Crippen molar-refractivity contribution >= 4 is 0 Å². The Morgan fingerprint density at radius 3 is 2.78 bits per heavy atom. The van der Waals surface area contributed by atoms with Crippen LogP contribution in [0.4, 0.5) is 4.39 Å². The number of aromatic nitrogens is 2. The fourth-order valence-electron chi connectivity index (χ4n) is 1.79. The van der Waals surface area contributed by atoms with E-state index < -0.39 is 0 Å². The Kier molecular flexibility index (Phi) is 3.72. The highest BCUT2D eigenvalue weighted by Crippen LogP contribution is 2.16. The highest BCUT2D eigenvalue weighted by atomic mass is 19.1. The molecule has 1 atom stereocenters. The second kappa shape index (κ2) is 5.27. The normalized spacial score (nSPS) is 12.7. The van der Waals surface area contributed by atoms with Gasteiger partial charge in [-0.25, -0.2) is 4.39 Å². The van der Waals surface area contributed by atoms with Gasteiger partial charge in [-0.15, -0.1) is 0 Å². The van der Waals surface area contributed by atoms with Crippen LogP contribution in [0.15, 0.2) is 23.0 Å². The van der Waals surface area contributed by atoms with Crippen molar-refractivity contribution < 1.29 is 8.91 Å². The molecule has 1 unspecified atom stereocenters. The Hall–Kier alpha value is -1.75. The van der Waals surface area contributed by atoms with Gasteiger partial charge in [0.15, 0.2) is 0 Å². The summed E-state index contributed by atoms with van der Waals surface area (Å²) in [6.07, 6.45) is 2.86. The first-order valence-electron chi connectivity index (χ1n) is 5.83. The van der Waals surface area contributed by atoms with Crippen molar-refractivity contribution in [2.45, 2.75) is 33.4 Å². The highest BCUT2D eigenvalue weighted by Gasteiger charge is 2.11. The van der Waals surface area contributed by atoms with Gasteiger partial charge in [0, 0.05) is 24.3 Å². The summed E-state index contributed by atoms with van der Waals surface area (Å²) in [7, 11) is 0. The molecular weight excluding hydrogens is 233 g/mol. The van der Waals surface area contributed by atoms with E-state index in [0.29, 0.717) is 6.54 Å². The van der Waals surface area contributed by atoms with E-state index in [1.54, 1.807) is 6.20 Å². The summed E-state index contributed by atoms with van der Waals surface area (Å²) < 4.78 is 18.1. The monoisotopic (exact) mass is 249 g/mol. The van der Waals surface area contributed by atoms with Crippen LogP contribution in [0.2, 0.25) is 0 Å². The molecule has 2 rings (SSSR count). The summed E-state index contributed by atoms with van der Waals surface area (Å²) in [5, 5.41) is 7.20. The summed E-state index contributed by atoms with van der Waals surface area (Å²) >= 11 is 0. The van der Waals surface area contributed by atoms with Gasteiger partial charge >= 0.3 is 0 Å². The average Bonchev–Trinajstić information content (AvgIpc) is 2.66. The van der Waals surface area contributed by atoms with Crippen molar-refractivity contribution in [3.8, 4) is 0 Å². The van der Waals surface area contributed by atoms with E-state index in [0.717, 1.165) is 22.6 Å². The number of halogens is 1. The molecule has 18 heavy (non-hydrogen) atoms. The second-order valence-electron chi connectivity index (χ2n) is 4.34.